The molecule has 1 aromatic carbocycles. The summed E-state index contributed by atoms with van der Waals surface area (Å²) in [5.74, 6) is 7.30. The van der Waals surface area contributed by atoms with Crippen LogP contribution in [0.5, 0.6) is 11.5 Å². The third kappa shape index (κ3) is 3.42. The van der Waals surface area contributed by atoms with Crippen molar-refractivity contribution in [2.24, 2.45) is 5.84 Å². The van der Waals surface area contributed by atoms with E-state index in [4.69, 9.17) is 20.1 Å². The Kier molecular flexibility index (Phi) is 6.26. The first-order valence-electron chi connectivity index (χ1n) is 6.88. The predicted molar refractivity (Wildman–Crippen MR) is 79.9 cm³/mol. The van der Waals surface area contributed by atoms with E-state index in [1.165, 1.54) is 0 Å². The van der Waals surface area contributed by atoms with E-state index in [1.807, 2.05) is 32.0 Å². The lowest BCUT2D eigenvalue weighted by Crippen LogP contribution is -2.46. The third-order valence-electron chi connectivity index (χ3n) is 3.70. The van der Waals surface area contributed by atoms with E-state index in [2.05, 4.69) is 12.3 Å². The van der Waals surface area contributed by atoms with Gasteiger partial charge in [-0.15, -0.1) is 0 Å². The number of nitrogens with two attached hydrogens (primary N) is 1. The van der Waals surface area contributed by atoms with E-state index in [1.54, 1.807) is 14.2 Å². The van der Waals surface area contributed by atoms with Gasteiger partial charge in [-0.2, -0.15) is 0 Å². The normalized spacial score (nSPS) is 15.5. The van der Waals surface area contributed by atoms with Crippen molar-refractivity contribution in [3.63, 3.8) is 0 Å². The Hall–Kier alpha value is -1.30. The molecule has 114 valence electrons. The zero-order valence-electron chi connectivity index (χ0n) is 13.0. The van der Waals surface area contributed by atoms with Crippen molar-refractivity contribution >= 4 is 0 Å². The molecule has 5 nitrogen and oxygen atoms in total. The molecule has 0 aliphatic carbocycles. The van der Waals surface area contributed by atoms with E-state index in [0.717, 1.165) is 23.5 Å². The molecule has 0 aromatic heterocycles. The van der Waals surface area contributed by atoms with Gasteiger partial charge in [0.2, 0.25) is 0 Å². The Bertz CT molecular complexity index is 426. The lowest BCUT2D eigenvalue weighted by atomic mass is 9.87. The smallest absolute Gasteiger partial charge is 0.124 e. The minimum atomic E-state index is -0.427. The van der Waals surface area contributed by atoms with Crippen LogP contribution < -0.4 is 20.7 Å². The second-order valence-corrected chi connectivity index (χ2v) is 4.81. The van der Waals surface area contributed by atoms with Crippen molar-refractivity contribution in [2.45, 2.75) is 38.8 Å². The number of hydrogen-bond donors (Lipinski definition) is 2. The van der Waals surface area contributed by atoms with Crippen LogP contribution in [0.15, 0.2) is 18.2 Å². The fourth-order valence-corrected chi connectivity index (χ4v) is 2.38. The second-order valence-electron chi connectivity index (χ2n) is 4.81. The van der Waals surface area contributed by atoms with Gasteiger partial charge in [-0.1, -0.05) is 6.92 Å². The molecule has 0 saturated heterocycles. The molecule has 20 heavy (non-hydrogen) atoms. The van der Waals surface area contributed by atoms with Crippen molar-refractivity contribution < 1.29 is 14.2 Å². The number of methoxy groups -OCH3 is 2. The molecule has 0 aliphatic heterocycles. The molecule has 0 radical (unpaired) electrons. The molecule has 0 amide bonds. The minimum Gasteiger partial charge on any atom is -0.497 e. The fourth-order valence-electron chi connectivity index (χ4n) is 2.38. The molecular weight excluding hydrogens is 256 g/mol. The summed E-state index contributed by atoms with van der Waals surface area (Å²) in [7, 11) is 3.28. The maximum Gasteiger partial charge on any atom is 0.124 e. The van der Waals surface area contributed by atoms with Crippen molar-refractivity contribution in [2.75, 3.05) is 20.8 Å². The highest BCUT2D eigenvalue weighted by atomic mass is 16.5. The molecule has 1 rings (SSSR count). The van der Waals surface area contributed by atoms with Gasteiger partial charge in [0.05, 0.1) is 25.9 Å². The number of nitrogens with one attached hydrogen (secondary N) is 1. The molecule has 2 unspecified atom stereocenters. The summed E-state index contributed by atoms with van der Waals surface area (Å²) in [5.41, 5.74) is 3.36. The Morgan fingerprint density at radius 1 is 1.25 bits per heavy atom. The Morgan fingerprint density at radius 3 is 2.40 bits per heavy atom. The van der Waals surface area contributed by atoms with Gasteiger partial charge in [0.25, 0.3) is 0 Å². The Morgan fingerprint density at radius 2 is 1.95 bits per heavy atom. The number of rotatable bonds is 8. The molecule has 0 aliphatic rings. The largest absolute Gasteiger partial charge is 0.497 e. The van der Waals surface area contributed by atoms with Crippen molar-refractivity contribution in [3.05, 3.63) is 23.8 Å². The van der Waals surface area contributed by atoms with Crippen molar-refractivity contribution in [3.8, 4) is 11.5 Å². The SMILES string of the molecule is CCOC(C)(CC)C(NN)c1cc(OC)ccc1OC. The van der Waals surface area contributed by atoms with E-state index in [9.17, 15) is 0 Å². The van der Waals surface area contributed by atoms with E-state index < -0.39 is 5.60 Å². The van der Waals surface area contributed by atoms with Crippen LogP contribution in [-0.4, -0.2) is 26.4 Å². The standard InChI is InChI=1S/C15H26N2O3/c1-6-15(3,20-7-2)14(17-16)12-10-11(18-4)8-9-13(12)19-5/h8-10,14,17H,6-7,16H2,1-5H3. The zero-order valence-corrected chi connectivity index (χ0v) is 13.0. The van der Waals surface area contributed by atoms with Crippen molar-refractivity contribution in [1.29, 1.82) is 0 Å². The van der Waals surface area contributed by atoms with Crippen LogP contribution in [0, 0.1) is 0 Å². The summed E-state index contributed by atoms with van der Waals surface area (Å²) >= 11 is 0. The van der Waals surface area contributed by atoms with Gasteiger partial charge in [0.1, 0.15) is 11.5 Å². The van der Waals surface area contributed by atoms with Crippen LogP contribution in [0.3, 0.4) is 0 Å². The van der Waals surface area contributed by atoms with E-state index in [-0.39, 0.29) is 6.04 Å². The van der Waals surface area contributed by atoms with Gasteiger partial charge in [0, 0.05) is 12.2 Å². The predicted octanol–water partition coefficient (Wildman–Crippen LogP) is 2.41. The molecule has 3 N–H and O–H groups in total. The summed E-state index contributed by atoms with van der Waals surface area (Å²) in [6.07, 6.45) is 0.816. The average molecular weight is 282 g/mol. The molecule has 0 fully saturated rings. The van der Waals surface area contributed by atoms with Gasteiger partial charge in [-0.3, -0.25) is 5.84 Å². The van der Waals surface area contributed by atoms with E-state index >= 15 is 0 Å². The zero-order chi connectivity index (χ0) is 15.2. The molecule has 5 heteroatoms. The number of hydrazine groups is 1. The third-order valence-corrected chi connectivity index (χ3v) is 3.70. The van der Waals surface area contributed by atoms with Gasteiger partial charge >= 0.3 is 0 Å². The highest BCUT2D eigenvalue weighted by molar-refractivity contribution is 5.43. The quantitative estimate of drug-likeness (QED) is 0.566. The molecule has 2 atom stereocenters. The van der Waals surface area contributed by atoms with Gasteiger partial charge in [-0.05, 0) is 38.5 Å². The lowest BCUT2D eigenvalue weighted by molar-refractivity contribution is -0.0568. The summed E-state index contributed by atoms with van der Waals surface area (Å²) in [5, 5.41) is 0. The number of ether oxygens (including phenoxy) is 3. The summed E-state index contributed by atoms with van der Waals surface area (Å²) in [6.45, 7) is 6.71. The molecule has 0 saturated carbocycles. The minimum absolute atomic E-state index is 0.197. The summed E-state index contributed by atoms with van der Waals surface area (Å²) < 4.78 is 16.6. The molecule has 0 spiro atoms. The van der Waals surface area contributed by atoms with Crippen LogP contribution >= 0.6 is 0 Å². The monoisotopic (exact) mass is 282 g/mol. The molecule has 0 bridgehead atoms. The molecule has 0 heterocycles. The second kappa shape index (κ2) is 7.47. The highest BCUT2D eigenvalue weighted by Gasteiger charge is 2.35. The van der Waals surface area contributed by atoms with E-state index in [0.29, 0.717) is 6.61 Å². The van der Waals surface area contributed by atoms with Crippen LogP contribution in [0.25, 0.3) is 0 Å². The maximum atomic E-state index is 5.92. The van der Waals surface area contributed by atoms with Crippen LogP contribution in [0.2, 0.25) is 0 Å². The van der Waals surface area contributed by atoms with Crippen molar-refractivity contribution in [1.82, 2.24) is 5.43 Å². The number of benzene rings is 1. The topological polar surface area (TPSA) is 65.7 Å². The Labute approximate surface area is 121 Å². The molecule has 1 aromatic rings. The van der Waals surface area contributed by atoms with Gasteiger partial charge in [0.15, 0.2) is 0 Å². The fraction of sp³-hybridized carbons (Fsp3) is 0.600. The first-order valence-corrected chi connectivity index (χ1v) is 6.88. The molecular formula is C15H26N2O3. The number of hydrogen-bond acceptors (Lipinski definition) is 5. The highest BCUT2D eigenvalue weighted by Crippen LogP contribution is 2.38. The van der Waals surface area contributed by atoms with Gasteiger partial charge in [-0.25, -0.2) is 5.43 Å². The summed E-state index contributed by atoms with van der Waals surface area (Å²) in [4.78, 5) is 0. The Balaban J connectivity index is 3.28. The lowest BCUT2D eigenvalue weighted by Gasteiger charge is -2.37. The maximum absolute atomic E-state index is 5.92. The van der Waals surface area contributed by atoms with Gasteiger partial charge < -0.3 is 14.2 Å². The van der Waals surface area contributed by atoms with Crippen LogP contribution in [-0.2, 0) is 4.74 Å². The first-order chi connectivity index (χ1) is 9.56. The summed E-state index contributed by atoms with van der Waals surface area (Å²) in [6, 6.07) is 5.47. The first kappa shape index (κ1) is 16.8. The van der Waals surface area contributed by atoms with Crippen LogP contribution in [0.4, 0.5) is 0 Å². The van der Waals surface area contributed by atoms with Crippen LogP contribution in [0.1, 0.15) is 38.8 Å². The average Bonchev–Trinajstić information content (AvgIpc) is 2.48.